The number of rotatable bonds is 4. The van der Waals surface area contributed by atoms with Crippen LogP contribution in [-0.4, -0.2) is 16.5 Å². The Bertz CT molecular complexity index is 492. The molecular formula is C13H17N3O. The maximum absolute atomic E-state index is 5.10. The molecule has 1 N–H and O–H groups in total. The Morgan fingerprint density at radius 2 is 2.12 bits per heavy atom. The fourth-order valence-electron chi connectivity index (χ4n) is 1.72. The van der Waals surface area contributed by atoms with Gasteiger partial charge in [0, 0.05) is 17.7 Å². The van der Waals surface area contributed by atoms with Crippen LogP contribution in [0.2, 0.25) is 0 Å². The summed E-state index contributed by atoms with van der Waals surface area (Å²) in [6, 6.07) is 1.92. The zero-order valence-corrected chi connectivity index (χ0v) is 10.4. The van der Waals surface area contributed by atoms with Crippen molar-refractivity contribution in [3.05, 3.63) is 30.0 Å². The monoisotopic (exact) mass is 231 g/mol. The van der Waals surface area contributed by atoms with Gasteiger partial charge in [-0.15, -0.1) is 0 Å². The van der Waals surface area contributed by atoms with Crippen molar-refractivity contribution in [2.24, 2.45) is 0 Å². The molecule has 0 aromatic carbocycles. The third kappa shape index (κ3) is 2.46. The van der Waals surface area contributed by atoms with Crippen LogP contribution in [0.3, 0.4) is 0 Å². The van der Waals surface area contributed by atoms with Crippen molar-refractivity contribution >= 4 is 5.82 Å². The summed E-state index contributed by atoms with van der Waals surface area (Å²) < 4.78 is 5.10. The zero-order chi connectivity index (χ0) is 12.3. The minimum atomic E-state index is 0.769. The molecule has 2 heterocycles. The Labute approximate surface area is 101 Å². The predicted octanol–water partition coefficient (Wildman–Crippen LogP) is 3.18. The highest BCUT2D eigenvalue weighted by atomic mass is 16.3. The molecule has 4 heteroatoms. The molecule has 0 bridgehead atoms. The summed E-state index contributed by atoms with van der Waals surface area (Å²) in [7, 11) is 0. The van der Waals surface area contributed by atoms with Crippen LogP contribution in [0.15, 0.2) is 23.0 Å². The fourth-order valence-corrected chi connectivity index (χ4v) is 1.72. The number of nitrogens with one attached hydrogen (secondary N) is 1. The fraction of sp³-hybridized carbons (Fsp3) is 0.385. The summed E-state index contributed by atoms with van der Waals surface area (Å²) in [4.78, 5) is 8.90. The maximum Gasteiger partial charge on any atom is 0.133 e. The van der Waals surface area contributed by atoms with Crippen molar-refractivity contribution in [3.63, 3.8) is 0 Å². The van der Waals surface area contributed by atoms with Gasteiger partial charge in [-0.3, -0.25) is 0 Å². The lowest BCUT2D eigenvalue weighted by Gasteiger charge is -2.11. The van der Waals surface area contributed by atoms with Crippen molar-refractivity contribution in [3.8, 4) is 11.3 Å². The number of furan rings is 1. The van der Waals surface area contributed by atoms with Crippen molar-refractivity contribution < 1.29 is 4.42 Å². The molecule has 0 atom stereocenters. The topological polar surface area (TPSA) is 51.0 Å². The van der Waals surface area contributed by atoms with Gasteiger partial charge in [0.05, 0.1) is 18.2 Å². The molecule has 0 radical (unpaired) electrons. The highest BCUT2D eigenvalue weighted by Gasteiger charge is 2.11. The molecule has 0 amide bonds. The van der Waals surface area contributed by atoms with E-state index in [0.717, 1.165) is 41.4 Å². The van der Waals surface area contributed by atoms with Gasteiger partial charge in [0.25, 0.3) is 0 Å². The normalized spacial score (nSPS) is 10.5. The maximum atomic E-state index is 5.10. The van der Waals surface area contributed by atoms with Crippen molar-refractivity contribution in [2.45, 2.75) is 27.2 Å². The van der Waals surface area contributed by atoms with Gasteiger partial charge in [-0.2, -0.15) is 0 Å². The minimum Gasteiger partial charge on any atom is -0.472 e. The van der Waals surface area contributed by atoms with Gasteiger partial charge in [-0.05, 0) is 26.3 Å². The minimum absolute atomic E-state index is 0.769. The molecule has 2 rings (SSSR count). The number of anilines is 1. The molecule has 2 aromatic rings. The second-order valence-electron chi connectivity index (χ2n) is 4.03. The summed E-state index contributed by atoms with van der Waals surface area (Å²) in [6.45, 7) is 6.98. The molecule has 0 unspecified atom stereocenters. The van der Waals surface area contributed by atoms with Gasteiger partial charge in [0.1, 0.15) is 11.6 Å². The van der Waals surface area contributed by atoms with Gasteiger partial charge < -0.3 is 9.73 Å². The van der Waals surface area contributed by atoms with E-state index in [4.69, 9.17) is 4.42 Å². The second-order valence-corrected chi connectivity index (χ2v) is 4.03. The number of hydrogen-bond acceptors (Lipinski definition) is 4. The molecule has 0 fully saturated rings. The molecule has 17 heavy (non-hydrogen) atoms. The largest absolute Gasteiger partial charge is 0.472 e. The van der Waals surface area contributed by atoms with Crippen LogP contribution in [0.5, 0.6) is 0 Å². The van der Waals surface area contributed by atoms with Gasteiger partial charge in [0.2, 0.25) is 0 Å². The SMILES string of the molecule is CCCNc1nc(C)nc(-c2ccoc2)c1C. The van der Waals surface area contributed by atoms with Crippen LogP contribution in [0.4, 0.5) is 5.82 Å². The smallest absolute Gasteiger partial charge is 0.133 e. The summed E-state index contributed by atoms with van der Waals surface area (Å²) in [5.41, 5.74) is 2.99. The van der Waals surface area contributed by atoms with E-state index in [1.807, 2.05) is 19.9 Å². The van der Waals surface area contributed by atoms with E-state index in [2.05, 4.69) is 22.2 Å². The van der Waals surface area contributed by atoms with Crippen LogP contribution in [0, 0.1) is 13.8 Å². The lowest BCUT2D eigenvalue weighted by atomic mass is 10.1. The Kier molecular flexibility index (Phi) is 3.42. The van der Waals surface area contributed by atoms with Crippen LogP contribution in [-0.2, 0) is 0 Å². The van der Waals surface area contributed by atoms with E-state index in [0.29, 0.717) is 0 Å². The van der Waals surface area contributed by atoms with E-state index in [-0.39, 0.29) is 0 Å². The Hall–Kier alpha value is -1.84. The molecule has 90 valence electrons. The molecule has 0 aliphatic carbocycles. The number of aryl methyl sites for hydroxylation is 1. The first-order valence-corrected chi connectivity index (χ1v) is 5.84. The standard InChI is InChI=1S/C13H17N3O/c1-4-6-14-13-9(2)12(15-10(3)16-13)11-5-7-17-8-11/h5,7-8H,4,6H2,1-3H3,(H,14,15,16). The lowest BCUT2D eigenvalue weighted by molar-refractivity contribution is 0.568. The third-order valence-electron chi connectivity index (χ3n) is 2.59. The van der Waals surface area contributed by atoms with Crippen LogP contribution < -0.4 is 5.32 Å². The van der Waals surface area contributed by atoms with E-state index < -0.39 is 0 Å². The van der Waals surface area contributed by atoms with Crippen LogP contribution in [0.25, 0.3) is 11.3 Å². The predicted molar refractivity (Wildman–Crippen MR) is 68.0 cm³/mol. The Balaban J connectivity index is 2.42. The summed E-state index contributed by atoms with van der Waals surface area (Å²) in [5.74, 6) is 1.68. The molecular weight excluding hydrogens is 214 g/mol. The van der Waals surface area contributed by atoms with Gasteiger partial charge in [-0.25, -0.2) is 9.97 Å². The van der Waals surface area contributed by atoms with Gasteiger partial charge in [0.15, 0.2) is 0 Å². The van der Waals surface area contributed by atoms with Gasteiger partial charge in [-0.1, -0.05) is 6.92 Å². The summed E-state index contributed by atoms with van der Waals surface area (Å²) in [5, 5.41) is 3.32. The molecule has 2 aromatic heterocycles. The molecule has 0 saturated heterocycles. The average molecular weight is 231 g/mol. The first-order chi connectivity index (χ1) is 8.22. The van der Waals surface area contributed by atoms with E-state index in [1.165, 1.54) is 0 Å². The van der Waals surface area contributed by atoms with Crippen molar-refractivity contribution in [1.82, 2.24) is 9.97 Å². The van der Waals surface area contributed by atoms with Gasteiger partial charge >= 0.3 is 0 Å². The van der Waals surface area contributed by atoms with Crippen molar-refractivity contribution in [1.29, 1.82) is 0 Å². The lowest BCUT2D eigenvalue weighted by Crippen LogP contribution is -2.07. The Morgan fingerprint density at radius 1 is 1.29 bits per heavy atom. The molecule has 0 aliphatic rings. The van der Waals surface area contributed by atoms with Crippen LogP contribution >= 0.6 is 0 Å². The number of hydrogen-bond donors (Lipinski definition) is 1. The van der Waals surface area contributed by atoms with E-state index in [1.54, 1.807) is 12.5 Å². The first kappa shape index (κ1) is 11.6. The quantitative estimate of drug-likeness (QED) is 0.878. The van der Waals surface area contributed by atoms with Crippen LogP contribution in [0.1, 0.15) is 24.7 Å². The highest BCUT2D eigenvalue weighted by Crippen LogP contribution is 2.25. The molecule has 4 nitrogen and oxygen atoms in total. The second kappa shape index (κ2) is 4.99. The molecule has 0 saturated carbocycles. The molecule has 0 spiro atoms. The summed E-state index contributed by atoms with van der Waals surface area (Å²) >= 11 is 0. The average Bonchev–Trinajstić information content (AvgIpc) is 2.83. The third-order valence-corrected chi connectivity index (χ3v) is 2.59. The van der Waals surface area contributed by atoms with E-state index in [9.17, 15) is 0 Å². The molecule has 0 aliphatic heterocycles. The van der Waals surface area contributed by atoms with Crippen molar-refractivity contribution in [2.75, 3.05) is 11.9 Å². The highest BCUT2D eigenvalue weighted by molar-refractivity contribution is 5.67. The number of nitrogens with zero attached hydrogens (tertiary/aromatic N) is 2. The number of aromatic nitrogens is 2. The van der Waals surface area contributed by atoms with E-state index >= 15 is 0 Å². The summed E-state index contributed by atoms with van der Waals surface area (Å²) in [6.07, 6.45) is 4.44. The zero-order valence-electron chi connectivity index (χ0n) is 10.4. The Morgan fingerprint density at radius 3 is 2.76 bits per heavy atom. The first-order valence-electron chi connectivity index (χ1n) is 5.84.